The van der Waals surface area contributed by atoms with Crippen LogP contribution in [-0.2, 0) is 17.5 Å². The Morgan fingerprint density at radius 3 is 2.79 bits per heavy atom. The van der Waals surface area contributed by atoms with Gasteiger partial charge in [0.25, 0.3) is 0 Å². The molecule has 1 fully saturated rings. The predicted octanol–water partition coefficient (Wildman–Crippen LogP) is 2.63. The van der Waals surface area contributed by atoms with Crippen LogP contribution in [0, 0.1) is 6.92 Å². The van der Waals surface area contributed by atoms with Gasteiger partial charge in [0.15, 0.2) is 0 Å². The van der Waals surface area contributed by atoms with E-state index in [-0.39, 0.29) is 18.1 Å². The summed E-state index contributed by atoms with van der Waals surface area (Å²) in [7, 11) is 0. The Balaban J connectivity index is 1.74. The molecule has 1 aliphatic heterocycles. The minimum Gasteiger partial charge on any atom is -0.310 e. The quantitative estimate of drug-likeness (QED) is 0.901. The Hall–Kier alpha value is -2.35. The number of anilines is 1. The van der Waals surface area contributed by atoms with Crippen LogP contribution in [0.15, 0.2) is 30.5 Å². The van der Waals surface area contributed by atoms with Crippen LogP contribution in [0.5, 0.6) is 0 Å². The topological polar surface area (TPSA) is 61.0 Å². The smallest absolute Gasteiger partial charge is 0.310 e. The molecule has 2 N–H and O–H groups in total. The van der Waals surface area contributed by atoms with Crippen LogP contribution < -0.4 is 10.2 Å². The molecule has 0 radical (unpaired) electrons. The van der Waals surface area contributed by atoms with Crippen LogP contribution in [-0.4, -0.2) is 28.7 Å². The third kappa shape index (κ3) is 3.14. The van der Waals surface area contributed by atoms with Gasteiger partial charge in [0.2, 0.25) is 5.91 Å². The number of H-pyrrole nitrogens is 1. The maximum atomic E-state index is 13.1. The zero-order valence-corrected chi connectivity index (χ0v) is 13.0. The van der Waals surface area contributed by atoms with Gasteiger partial charge in [0.05, 0.1) is 23.5 Å². The lowest BCUT2D eigenvalue weighted by Crippen LogP contribution is -2.38. The molecule has 128 valence electrons. The molecule has 1 saturated heterocycles. The van der Waals surface area contributed by atoms with Crippen LogP contribution in [0.25, 0.3) is 0 Å². The number of para-hydroxylation sites is 1. The highest BCUT2D eigenvalue weighted by Crippen LogP contribution is 2.37. The second-order valence-corrected chi connectivity index (χ2v) is 5.75. The molecule has 1 unspecified atom stereocenters. The highest BCUT2D eigenvalue weighted by molar-refractivity contribution is 6.00. The maximum Gasteiger partial charge on any atom is 0.418 e. The van der Waals surface area contributed by atoms with Gasteiger partial charge >= 0.3 is 6.18 Å². The zero-order chi connectivity index (χ0) is 17.3. The largest absolute Gasteiger partial charge is 0.418 e. The van der Waals surface area contributed by atoms with E-state index in [0.717, 1.165) is 17.3 Å². The normalized spacial score (nSPS) is 18.4. The van der Waals surface area contributed by atoms with Crippen molar-refractivity contribution in [3.63, 3.8) is 0 Å². The molecular formula is C16H17F3N4O. The molecule has 1 atom stereocenters. The van der Waals surface area contributed by atoms with E-state index in [2.05, 4.69) is 15.5 Å². The van der Waals surface area contributed by atoms with Crippen molar-refractivity contribution in [1.82, 2.24) is 15.5 Å². The highest BCUT2D eigenvalue weighted by atomic mass is 19.4. The number of halogens is 3. The number of amides is 1. The monoisotopic (exact) mass is 338 g/mol. The number of aryl methyl sites for hydroxylation is 1. The first kappa shape index (κ1) is 16.5. The molecule has 1 amide bonds. The molecule has 2 aromatic rings. The Labute approximate surface area is 136 Å². The highest BCUT2D eigenvalue weighted by Gasteiger charge is 2.39. The molecule has 0 spiro atoms. The second-order valence-electron chi connectivity index (χ2n) is 5.75. The average molecular weight is 338 g/mol. The molecule has 8 heteroatoms. The summed E-state index contributed by atoms with van der Waals surface area (Å²) in [6.45, 7) is 2.56. The van der Waals surface area contributed by atoms with Crippen molar-refractivity contribution in [2.45, 2.75) is 32.1 Å². The van der Waals surface area contributed by atoms with E-state index in [4.69, 9.17) is 0 Å². The minimum atomic E-state index is -4.49. The molecule has 5 nitrogen and oxygen atoms in total. The zero-order valence-electron chi connectivity index (χ0n) is 13.0. The molecule has 1 aliphatic rings. The Morgan fingerprint density at radius 2 is 2.12 bits per heavy atom. The number of aromatic amines is 1. The van der Waals surface area contributed by atoms with Gasteiger partial charge < -0.3 is 10.2 Å². The van der Waals surface area contributed by atoms with Gasteiger partial charge in [0, 0.05) is 24.3 Å². The number of carbonyl (C=O) groups excluding carboxylic acids is 1. The van der Waals surface area contributed by atoms with Gasteiger partial charge in [-0.25, -0.2) is 0 Å². The summed E-state index contributed by atoms with van der Waals surface area (Å²) in [4.78, 5) is 13.7. The van der Waals surface area contributed by atoms with Crippen molar-refractivity contribution in [1.29, 1.82) is 0 Å². The van der Waals surface area contributed by atoms with E-state index in [1.54, 1.807) is 6.20 Å². The van der Waals surface area contributed by atoms with Crippen LogP contribution in [0.2, 0.25) is 0 Å². The molecule has 1 aromatic heterocycles. The summed E-state index contributed by atoms with van der Waals surface area (Å²) in [6.07, 6.45) is -2.36. The third-order valence-corrected chi connectivity index (χ3v) is 4.18. The number of hydrogen-bond acceptors (Lipinski definition) is 3. The maximum absolute atomic E-state index is 13.1. The minimum absolute atomic E-state index is 0.0845. The summed E-state index contributed by atoms with van der Waals surface area (Å²) in [5.41, 5.74) is 0.952. The number of carbonyl (C=O) groups is 1. The predicted molar refractivity (Wildman–Crippen MR) is 82.4 cm³/mol. The standard InChI is InChI=1S/C16H17F3N4O/c1-10-11(9-21-22-10)8-20-13-6-7-23(15(13)24)14-5-3-2-4-12(14)16(17,18)19/h2-5,9,13,20H,6-8H2,1H3,(H,21,22). The molecule has 0 saturated carbocycles. The van der Waals surface area contributed by atoms with Gasteiger partial charge in [-0.1, -0.05) is 12.1 Å². The first-order valence-corrected chi connectivity index (χ1v) is 7.58. The van der Waals surface area contributed by atoms with E-state index in [0.29, 0.717) is 13.0 Å². The summed E-state index contributed by atoms with van der Waals surface area (Å²) in [6, 6.07) is 4.67. The number of hydrogen-bond donors (Lipinski definition) is 2. The lowest BCUT2D eigenvalue weighted by atomic mass is 10.1. The lowest BCUT2D eigenvalue weighted by molar-refractivity contribution is -0.137. The van der Waals surface area contributed by atoms with Gasteiger partial charge in [-0.05, 0) is 25.5 Å². The molecule has 3 rings (SSSR count). The van der Waals surface area contributed by atoms with E-state index in [1.165, 1.54) is 23.1 Å². The van der Waals surface area contributed by atoms with Crippen LogP contribution in [0.1, 0.15) is 23.2 Å². The fourth-order valence-electron chi connectivity index (χ4n) is 2.84. The van der Waals surface area contributed by atoms with Crippen LogP contribution in [0.3, 0.4) is 0 Å². The van der Waals surface area contributed by atoms with Crippen molar-refractivity contribution in [2.24, 2.45) is 0 Å². The van der Waals surface area contributed by atoms with E-state index < -0.39 is 17.8 Å². The Morgan fingerprint density at radius 1 is 1.38 bits per heavy atom. The number of nitrogens with one attached hydrogen (secondary N) is 2. The van der Waals surface area contributed by atoms with Gasteiger partial charge in [-0.2, -0.15) is 18.3 Å². The van der Waals surface area contributed by atoms with Gasteiger partial charge in [-0.3, -0.25) is 9.89 Å². The fraction of sp³-hybridized carbons (Fsp3) is 0.375. The summed E-state index contributed by atoms with van der Waals surface area (Å²) in [5.74, 6) is -0.340. The van der Waals surface area contributed by atoms with Gasteiger partial charge in [-0.15, -0.1) is 0 Å². The van der Waals surface area contributed by atoms with Crippen molar-refractivity contribution in [3.8, 4) is 0 Å². The number of aromatic nitrogens is 2. The number of nitrogens with zero attached hydrogens (tertiary/aromatic N) is 2. The summed E-state index contributed by atoms with van der Waals surface area (Å²) >= 11 is 0. The lowest BCUT2D eigenvalue weighted by Gasteiger charge is -2.21. The first-order chi connectivity index (χ1) is 11.4. The van der Waals surface area contributed by atoms with Gasteiger partial charge in [0.1, 0.15) is 0 Å². The number of alkyl halides is 3. The van der Waals surface area contributed by atoms with E-state index >= 15 is 0 Å². The van der Waals surface area contributed by atoms with E-state index in [1.807, 2.05) is 6.92 Å². The fourth-order valence-corrected chi connectivity index (χ4v) is 2.84. The molecule has 0 bridgehead atoms. The molecule has 1 aromatic carbocycles. The molecule has 24 heavy (non-hydrogen) atoms. The van der Waals surface area contributed by atoms with Crippen LogP contribution in [0.4, 0.5) is 18.9 Å². The SMILES string of the molecule is Cc1[nH]ncc1CNC1CCN(c2ccccc2C(F)(F)F)C1=O. The first-order valence-electron chi connectivity index (χ1n) is 7.58. The molecular weight excluding hydrogens is 321 g/mol. The van der Waals surface area contributed by atoms with E-state index in [9.17, 15) is 18.0 Å². The third-order valence-electron chi connectivity index (χ3n) is 4.18. The number of rotatable bonds is 4. The van der Waals surface area contributed by atoms with Crippen molar-refractivity contribution in [3.05, 3.63) is 47.3 Å². The van der Waals surface area contributed by atoms with Crippen molar-refractivity contribution < 1.29 is 18.0 Å². The number of benzene rings is 1. The average Bonchev–Trinajstić information content (AvgIpc) is 3.10. The van der Waals surface area contributed by atoms with Crippen LogP contribution >= 0.6 is 0 Å². The Bertz CT molecular complexity index is 741. The second kappa shape index (κ2) is 6.27. The molecule has 2 heterocycles. The van der Waals surface area contributed by atoms with Crippen molar-refractivity contribution in [2.75, 3.05) is 11.4 Å². The Kier molecular flexibility index (Phi) is 4.31. The van der Waals surface area contributed by atoms with Crippen molar-refractivity contribution >= 4 is 11.6 Å². The molecule has 0 aliphatic carbocycles. The summed E-state index contributed by atoms with van der Waals surface area (Å²) in [5, 5.41) is 9.81. The summed E-state index contributed by atoms with van der Waals surface area (Å²) < 4.78 is 39.4.